The molecule has 0 saturated carbocycles. The molecule has 0 bridgehead atoms. The van der Waals surface area contributed by atoms with Gasteiger partial charge in [0, 0.05) is 13.5 Å². The highest BCUT2D eigenvalue weighted by atomic mass is 32.2. The van der Waals surface area contributed by atoms with Crippen LogP contribution in [0.2, 0.25) is 0 Å². The minimum Gasteiger partial charge on any atom is -0.467 e. The topological polar surface area (TPSA) is 107 Å². The second-order valence-corrected chi connectivity index (χ2v) is 10.0. The van der Waals surface area contributed by atoms with E-state index < -0.39 is 9.84 Å². The number of nitrogens with one attached hydrogen (secondary N) is 1. The molecule has 1 aliphatic rings. The van der Waals surface area contributed by atoms with E-state index in [9.17, 15) is 13.2 Å². The number of nitrogens with zero attached hydrogens (tertiary/aromatic N) is 3. The summed E-state index contributed by atoms with van der Waals surface area (Å²) in [5.74, 6) is 1.89. The second-order valence-electron chi connectivity index (χ2n) is 6.49. The Kier molecular flexibility index (Phi) is 5.71. The molecule has 0 aromatic carbocycles. The lowest BCUT2D eigenvalue weighted by Crippen LogP contribution is -2.30. The van der Waals surface area contributed by atoms with Crippen molar-refractivity contribution in [3.63, 3.8) is 0 Å². The van der Waals surface area contributed by atoms with E-state index in [1.807, 2.05) is 11.6 Å². The van der Waals surface area contributed by atoms with E-state index in [0.717, 1.165) is 5.82 Å². The van der Waals surface area contributed by atoms with Gasteiger partial charge in [0.15, 0.2) is 15.0 Å². The van der Waals surface area contributed by atoms with Gasteiger partial charge in [0.2, 0.25) is 5.91 Å². The standard InChI is InChI=1S/C16H22N4O4S2/c1-11(15(21)17-9-13-4-3-6-24-13)25-16-19-18-14(20(16)2)8-12-5-7-26(22,23)10-12/h3-4,6,11-12H,5,7-10H2,1-2H3,(H,17,21). The predicted molar refractivity (Wildman–Crippen MR) is 97.3 cm³/mol. The Morgan fingerprint density at radius 3 is 2.96 bits per heavy atom. The van der Waals surface area contributed by atoms with Crippen LogP contribution < -0.4 is 5.32 Å². The van der Waals surface area contributed by atoms with Crippen molar-refractivity contribution < 1.29 is 17.6 Å². The quantitative estimate of drug-likeness (QED) is 0.698. The van der Waals surface area contributed by atoms with E-state index in [-0.39, 0.29) is 28.6 Å². The first kappa shape index (κ1) is 19.0. The highest BCUT2D eigenvalue weighted by Gasteiger charge is 2.29. The third-order valence-electron chi connectivity index (χ3n) is 4.39. The van der Waals surface area contributed by atoms with Gasteiger partial charge < -0.3 is 14.3 Å². The van der Waals surface area contributed by atoms with Crippen LogP contribution in [0, 0.1) is 5.92 Å². The van der Waals surface area contributed by atoms with Gasteiger partial charge in [-0.05, 0) is 31.4 Å². The molecule has 3 rings (SSSR count). The van der Waals surface area contributed by atoms with Crippen LogP contribution in [0.25, 0.3) is 0 Å². The van der Waals surface area contributed by atoms with Crippen LogP contribution in [0.4, 0.5) is 0 Å². The molecule has 2 unspecified atom stereocenters. The number of carbonyl (C=O) groups excluding carboxylic acids is 1. The molecule has 1 N–H and O–H groups in total. The third kappa shape index (κ3) is 4.67. The summed E-state index contributed by atoms with van der Waals surface area (Å²) in [4.78, 5) is 12.2. The fourth-order valence-electron chi connectivity index (χ4n) is 2.86. The molecule has 1 aliphatic heterocycles. The second kappa shape index (κ2) is 7.83. The highest BCUT2D eigenvalue weighted by molar-refractivity contribution is 8.00. The van der Waals surface area contributed by atoms with Crippen LogP contribution in [-0.4, -0.2) is 45.8 Å². The molecule has 142 valence electrons. The molecular formula is C16H22N4O4S2. The fourth-order valence-corrected chi connectivity index (χ4v) is 5.58. The Balaban J connectivity index is 1.54. The molecular weight excluding hydrogens is 376 g/mol. The van der Waals surface area contributed by atoms with Gasteiger partial charge in [-0.2, -0.15) is 0 Å². The van der Waals surface area contributed by atoms with Gasteiger partial charge in [0.25, 0.3) is 0 Å². The number of amides is 1. The van der Waals surface area contributed by atoms with E-state index in [1.54, 1.807) is 25.3 Å². The normalized spacial score (nSPS) is 20.2. The Morgan fingerprint density at radius 2 is 2.31 bits per heavy atom. The Hall–Kier alpha value is -1.81. The first-order valence-corrected chi connectivity index (χ1v) is 11.1. The summed E-state index contributed by atoms with van der Waals surface area (Å²) in [5, 5.41) is 11.5. The molecule has 1 amide bonds. The molecule has 0 radical (unpaired) electrons. The number of hydrogen-bond donors (Lipinski definition) is 1. The average molecular weight is 399 g/mol. The predicted octanol–water partition coefficient (Wildman–Crippen LogP) is 1.18. The van der Waals surface area contributed by atoms with E-state index in [0.29, 0.717) is 30.3 Å². The van der Waals surface area contributed by atoms with E-state index in [2.05, 4.69) is 15.5 Å². The maximum atomic E-state index is 12.2. The van der Waals surface area contributed by atoms with Crippen LogP contribution in [0.5, 0.6) is 0 Å². The summed E-state index contributed by atoms with van der Waals surface area (Å²) in [5.41, 5.74) is 0. The lowest BCUT2D eigenvalue weighted by molar-refractivity contribution is -0.120. The summed E-state index contributed by atoms with van der Waals surface area (Å²) in [7, 11) is -1.06. The molecule has 26 heavy (non-hydrogen) atoms. The maximum Gasteiger partial charge on any atom is 0.233 e. The van der Waals surface area contributed by atoms with Crippen molar-refractivity contribution in [1.29, 1.82) is 0 Å². The Labute approximate surface area is 156 Å². The van der Waals surface area contributed by atoms with E-state index in [4.69, 9.17) is 4.42 Å². The van der Waals surface area contributed by atoms with Gasteiger partial charge in [-0.1, -0.05) is 11.8 Å². The smallest absolute Gasteiger partial charge is 0.233 e. The lowest BCUT2D eigenvalue weighted by Gasteiger charge is -2.11. The molecule has 1 fully saturated rings. The van der Waals surface area contributed by atoms with E-state index in [1.165, 1.54) is 11.8 Å². The van der Waals surface area contributed by atoms with Crippen LogP contribution in [-0.2, 0) is 34.6 Å². The summed E-state index contributed by atoms with van der Waals surface area (Å²) >= 11 is 1.32. The van der Waals surface area contributed by atoms with Gasteiger partial charge in [0.05, 0.1) is 29.6 Å². The van der Waals surface area contributed by atoms with Crippen molar-refractivity contribution in [3.8, 4) is 0 Å². The van der Waals surface area contributed by atoms with Crippen molar-refractivity contribution in [3.05, 3.63) is 30.0 Å². The maximum absolute atomic E-state index is 12.2. The highest BCUT2D eigenvalue weighted by Crippen LogP contribution is 2.25. The van der Waals surface area contributed by atoms with Gasteiger partial charge >= 0.3 is 0 Å². The molecule has 8 nitrogen and oxygen atoms in total. The lowest BCUT2D eigenvalue weighted by atomic mass is 10.1. The van der Waals surface area contributed by atoms with Gasteiger partial charge in [-0.25, -0.2) is 8.42 Å². The minimum atomic E-state index is -2.90. The fraction of sp³-hybridized carbons (Fsp3) is 0.562. The molecule has 0 aliphatic carbocycles. The largest absolute Gasteiger partial charge is 0.467 e. The molecule has 10 heteroatoms. The zero-order valence-electron chi connectivity index (χ0n) is 14.7. The monoisotopic (exact) mass is 398 g/mol. The summed E-state index contributed by atoms with van der Waals surface area (Å²) in [6.07, 6.45) is 2.82. The van der Waals surface area contributed by atoms with Crippen LogP contribution in [0.1, 0.15) is 24.9 Å². The molecule has 2 aromatic heterocycles. The first-order valence-electron chi connectivity index (χ1n) is 8.39. The van der Waals surface area contributed by atoms with Gasteiger partial charge in [0.1, 0.15) is 11.6 Å². The molecule has 2 aromatic rings. The third-order valence-corrected chi connectivity index (χ3v) is 7.36. The van der Waals surface area contributed by atoms with E-state index >= 15 is 0 Å². The molecule has 0 spiro atoms. The van der Waals surface area contributed by atoms with Crippen LogP contribution >= 0.6 is 11.8 Å². The average Bonchev–Trinajstić information content (AvgIpc) is 3.30. The Morgan fingerprint density at radius 1 is 1.50 bits per heavy atom. The number of hydrogen-bond acceptors (Lipinski definition) is 7. The van der Waals surface area contributed by atoms with Crippen LogP contribution in [0.15, 0.2) is 28.0 Å². The van der Waals surface area contributed by atoms with Crippen molar-refractivity contribution in [1.82, 2.24) is 20.1 Å². The molecule has 2 atom stereocenters. The first-order chi connectivity index (χ1) is 12.3. The van der Waals surface area contributed by atoms with Crippen LogP contribution in [0.3, 0.4) is 0 Å². The number of rotatable bonds is 7. The Bertz CT molecular complexity index is 861. The number of sulfone groups is 1. The summed E-state index contributed by atoms with van der Waals surface area (Å²) < 4.78 is 30.2. The number of thioether (sulfide) groups is 1. The van der Waals surface area contributed by atoms with Crippen molar-refractivity contribution >= 4 is 27.5 Å². The van der Waals surface area contributed by atoms with Gasteiger partial charge in [-0.3, -0.25) is 4.79 Å². The minimum absolute atomic E-state index is 0.0924. The number of aromatic nitrogens is 3. The van der Waals surface area contributed by atoms with Crippen molar-refractivity contribution in [2.45, 2.75) is 36.7 Å². The number of carbonyl (C=O) groups is 1. The SMILES string of the molecule is CC(Sc1nnc(CC2CCS(=O)(=O)C2)n1C)C(=O)NCc1ccco1. The number of furan rings is 1. The summed E-state index contributed by atoms with van der Waals surface area (Å²) in [6, 6.07) is 3.58. The van der Waals surface area contributed by atoms with Gasteiger partial charge in [-0.15, -0.1) is 10.2 Å². The molecule has 3 heterocycles. The summed E-state index contributed by atoms with van der Waals surface area (Å²) in [6.45, 7) is 2.15. The zero-order chi connectivity index (χ0) is 18.7. The van der Waals surface area contributed by atoms with Crippen molar-refractivity contribution in [2.75, 3.05) is 11.5 Å². The van der Waals surface area contributed by atoms with Crippen molar-refractivity contribution in [2.24, 2.45) is 13.0 Å². The zero-order valence-corrected chi connectivity index (χ0v) is 16.3. The molecule has 1 saturated heterocycles.